The van der Waals surface area contributed by atoms with E-state index >= 15 is 0 Å². The Bertz CT molecular complexity index is 939. The van der Waals surface area contributed by atoms with Crippen molar-refractivity contribution in [1.29, 1.82) is 0 Å². The molecule has 0 unspecified atom stereocenters. The number of hydrogen-bond acceptors (Lipinski definition) is 6. The Morgan fingerprint density at radius 2 is 2.04 bits per heavy atom. The summed E-state index contributed by atoms with van der Waals surface area (Å²) in [6.45, 7) is 0.347. The van der Waals surface area contributed by atoms with Gasteiger partial charge in [-0.05, 0) is 39.7 Å². The first kappa shape index (κ1) is 17.1. The van der Waals surface area contributed by atoms with E-state index in [1.54, 1.807) is 54.3 Å². The summed E-state index contributed by atoms with van der Waals surface area (Å²) in [5, 5.41) is 16.8. The van der Waals surface area contributed by atoms with Crippen LogP contribution in [0.4, 0.5) is 17.3 Å². The molecule has 0 spiro atoms. The van der Waals surface area contributed by atoms with E-state index in [1.807, 2.05) is 6.07 Å². The lowest BCUT2D eigenvalue weighted by Crippen LogP contribution is -2.12. The molecule has 0 atom stereocenters. The molecule has 26 heavy (non-hydrogen) atoms. The fraction of sp³-hybridized carbons (Fsp3) is 0.118. The van der Waals surface area contributed by atoms with Gasteiger partial charge in [-0.25, -0.2) is 0 Å². The summed E-state index contributed by atoms with van der Waals surface area (Å²) in [7, 11) is 1.67. The van der Waals surface area contributed by atoms with Gasteiger partial charge in [0.05, 0.1) is 0 Å². The molecule has 0 fully saturated rings. The molecule has 132 valence electrons. The van der Waals surface area contributed by atoms with E-state index < -0.39 is 4.92 Å². The number of hydrogen-bond donors (Lipinski definition) is 2. The number of benzene rings is 1. The Kier molecular flexibility index (Phi) is 4.88. The molecule has 3 aromatic rings. The number of amides is 1. The Balaban J connectivity index is 1.69. The third kappa shape index (κ3) is 3.83. The summed E-state index contributed by atoms with van der Waals surface area (Å²) < 4.78 is 1.55. The van der Waals surface area contributed by atoms with Crippen LogP contribution in [-0.4, -0.2) is 25.4 Å². The van der Waals surface area contributed by atoms with Crippen molar-refractivity contribution in [3.05, 3.63) is 76.4 Å². The number of carbonyl (C=O) groups is 1. The predicted octanol–water partition coefficient (Wildman–Crippen LogP) is 2.59. The van der Waals surface area contributed by atoms with Crippen LogP contribution < -0.4 is 10.6 Å². The lowest BCUT2D eigenvalue weighted by molar-refractivity contribution is -0.388. The Labute approximate surface area is 148 Å². The Morgan fingerprint density at radius 1 is 1.27 bits per heavy atom. The van der Waals surface area contributed by atoms with Crippen molar-refractivity contribution < 1.29 is 9.72 Å². The van der Waals surface area contributed by atoms with Crippen molar-refractivity contribution in [1.82, 2.24) is 14.5 Å². The minimum atomic E-state index is -0.534. The zero-order chi connectivity index (χ0) is 18.5. The van der Waals surface area contributed by atoms with Gasteiger partial charge in [-0.2, -0.15) is 0 Å². The lowest BCUT2D eigenvalue weighted by Gasteiger charge is -2.09. The van der Waals surface area contributed by atoms with E-state index in [1.165, 1.54) is 6.33 Å². The molecule has 0 bridgehead atoms. The van der Waals surface area contributed by atoms with Gasteiger partial charge in [0.25, 0.3) is 5.91 Å². The third-order valence-corrected chi connectivity index (χ3v) is 3.68. The number of nitro groups is 1. The van der Waals surface area contributed by atoms with Crippen molar-refractivity contribution in [2.24, 2.45) is 7.05 Å². The van der Waals surface area contributed by atoms with Crippen molar-refractivity contribution in [3.8, 4) is 0 Å². The summed E-state index contributed by atoms with van der Waals surface area (Å²) in [6.07, 6.45) is 4.48. The molecule has 2 N–H and O–H groups in total. The number of imidazole rings is 1. The third-order valence-electron chi connectivity index (χ3n) is 3.68. The highest BCUT2D eigenvalue weighted by atomic mass is 16.6. The molecule has 2 heterocycles. The van der Waals surface area contributed by atoms with Gasteiger partial charge >= 0.3 is 5.82 Å². The van der Waals surface area contributed by atoms with Crippen LogP contribution in [-0.2, 0) is 13.6 Å². The van der Waals surface area contributed by atoms with E-state index in [4.69, 9.17) is 0 Å². The molecular weight excluding hydrogens is 336 g/mol. The molecular formula is C17H16N6O3. The summed E-state index contributed by atoms with van der Waals surface area (Å²) in [4.78, 5) is 30.3. The maximum atomic E-state index is 12.2. The first-order valence-corrected chi connectivity index (χ1v) is 7.74. The highest BCUT2D eigenvalue weighted by molar-refractivity contribution is 6.04. The van der Waals surface area contributed by atoms with Gasteiger partial charge in [0.15, 0.2) is 0 Å². The number of aryl methyl sites for hydroxylation is 1. The van der Waals surface area contributed by atoms with E-state index in [9.17, 15) is 14.9 Å². The molecule has 1 aromatic carbocycles. The van der Waals surface area contributed by atoms with Crippen LogP contribution in [0, 0.1) is 10.1 Å². The molecule has 0 aliphatic rings. The molecule has 0 aliphatic carbocycles. The first-order valence-electron chi connectivity index (χ1n) is 7.74. The van der Waals surface area contributed by atoms with Gasteiger partial charge in [0.2, 0.25) is 12.1 Å². The van der Waals surface area contributed by atoms with E-state index in [0.717, 1.165) is 5.56 Å². The molecule has 9 nitrogen and oxygen atoms in total. The van der Waals surface area contributed by atoms with Crippen LogP contribution in [0.1, 0.15) is 15.9 Å². The van der Waals surface area contributed by atoms with Gasteiger partial charge in [-0.3, -0.25) is 14.3 Å². The van der Waals surface area contributed by atoms with Crippen molar-refractivity contribution in [2.75, 3.05) is 10.6 Å². The molecule has 1 amide bonds. The summed E-state index contributed by atoms with van der Waals surface area (Å²) >= 11 is 0. The van der Waals surface area contributed by atoms with Gasteiger partial charge in [0.1, 0.15) is 0 Å². The molecule has 0 saturated heterocycles. The quantitative estimate of drug-likeness (QED) is 0.520. The zero-order valence-electron chi connectivity index (χ0n) is 13.9. The highest BCUT2D eigenvalue weighted by Crippen LogP contribution is 2.22. The Morgan fingerprint density at radius 3 is 2.77 bits per heavy atom. The van der Waals surface area contributed by atoms with Gasteiger partial charge in [0, 0.05) is 37.2 Å². The maximum Gasteiger partial charge on any atom is 0.406 e. The molecule has 3 rings (SSSR count). The summed E-state index contributed by atoms with van der Waals surface area (Å²) in [5.41, 5.74) is 1.99. The second-order valence-electron chi connectivity index (χ2n) is 5.53. The van der Waals surface area contributed by atoms with E-state index in [2.05, 4.69) is 20.6 Å². The molecule has 2 aromatic heterocycles. The minimum absolute atomic E-state index is 0.227. The summed E-state index contributed by atoms with van der Waals surface area (Å²) in [5.74, 6) is -0.143. The number of nitrogens with one attached hydrogen (secondary N) is 2. The minimum Gasteiger partial charge on any atom is -0.360 e. The second-order valence-corrected chi connectivity index (χ2v) is 5.53. The normalized spacial score (nSPS) is 10.3. The smallest absolute Gasteiger partial charge is 0.360 e. The monoisotopic (exact) mass is 352 g/mol. The lowest BCUT2D eigenvalue weighted by atomic mass is 10.2. The van der Waals surface area contributed by atoms with E-state index in [-0.39, 0.29) is 11.7 Å². The molecule has 0 radical (unpaired) electrons. The van der Waals surface area contributed by atoms with Gasteiger partial charge in [-0.1, -0.05) is 12.1 Å². The van der Waals surface area contributed by atoms with Crippen molar-refractivity contribution in [3.63, 3.8) is 0 Å². The fourth-order valence-electron chi connectivity index (χ4n) is 2.41. The molecule has 9 heteroatoms. The zero-order valence-corrected chi connectivity index (χ0v) is 13.9. The summed E-state index contributed by atoms with van der Waals surface area (Å²) in [6, 6.07) is 10.5. The number of nitrogens with zero attached hydrogens (tertiary/aromatic N) is 4. The average Bonchev–Trinajstić information content (AvgIpc) is 3.02. The highest BCUT2D eigenvalue weighted by Gasteiger charge is 2.19. The second kappa shape index (κ2) is 7.43. The SMILES string of the molecule is Cn1cnc([N+](=O)[O-])c1NCc1cccc(NC(=O)c2ccncc2)c1. The fourth-order valence-corrected chi connectivity index (χ4v) is 2.41. The topological polar surface area (TPSA) is 115 Å². The average molecular weight is 352 g/mol. The van der Waals surface area contributed by atoms with Crippen LogP contribution in [0.5, 0.6) is 0 Å². The van der Waals surface area contributed by atoms with Crippen molar-refractivity contribution in [2.45, 2.75) is 6.54 Å². The maximum absolute atomic E-state index is 12.2. The number of carbonyl (C=O) groups excluding carboxylic acids is 1. The van der Waals surface area contributed by atoms with Crippen LogP contribution in [0.25, 0.3) is 0 Å². The van der Waals surface area contributed by atoms with Crippen LogP contribution in [0.2, 0.25) is 0 Å². The standard InChI is InChI=1S/C17H16N6O3/c1-22-11-20-16(23(25)26)15(22)19-10-12-3-2-4-14(9-12)21-17(24)13-5-7-18-8-6-13/h2-9,11,19H,10H2,1H3,(H,21,24). The number of aromatic nitrogens is 3. The molecule has 0 aliphatic heterocycles. The van der Waals surface area contributed by atoms with Crippen molar-refractivity contribution >= 4 is 23.2 Å². The van der Waals surface area contributed by atoms with Gasteiger partial charge < -0.3 is 20.7 Å². The van der Waals surface area contributed by atoms with Crippen LogP contribution in [0.15, 0.2) is 55.1 Å². The predicted molar refractivity (Wildman–Crippen MR) is 95.8 cm³/mol. The van der Waals surface area contributed by atoms with E-state index in [0.29, 0.717) is 23.6 Å². The number of rotatable bonds is 6. The van der Waals surface area contributed by atoms with Crippen LogP contribution in [0.3, 0.4) is 0 Å². The first-order chi connectivity index (χ1) is 12.5. The number of pyridine rings is 1. The largest absolute Gasteiger partial charge is 0.406 e. The Hall–Kier alpha value is -3.75. The van der Waals surface area contributed by atoms with Gasteiger partial charge in [-0.15, -0.1) is 0 Å². The van der Waals surface area contributed by atoms with Crippen LogP contribution >= 0.6 is 0 Å². The molecule has 0 saturated carbocycles. The number of anilines is 2.